The van der Waals surface area contributed by atoms with Gasteiger partial charge in [0.15, 0.2) is 5.78 Å². The lowest BCUT2D eigenvalue weighted by Gasteiger charge is -2.09. The summed E-state index contributed by atoms with van der Waals surface area (Å²) in [5, 5.41) is 0. The molecule has 92 valence electrons. The average molecular weight is 498 g/mol. The van der Waals surface area contributed by atoms with Gasteiger partial charge in [-0.3, -0.25) is 4.79 Å². The molecule has 0 unspecified atom stereocenters. The van der Waals surface area contributed by atoms with Crippen molar-refractivity contribution >= 4 is 69.5 Å². The Bertz CT molecular complexity index is 528. The molecular formula is C13H6Br4O. The summed E-state index contributed by atoms with van der Waals surface area (Å²) in [5.74, 6) is -0.0475. The molecule has 0 aliphatic carbocycles. The molecule has 0 bridgehead atoms. The number of hydrogen-bond acceptors (Lipinski definition) is 1. The molecule has 0 aliphatic heterocycles. The largest absolute Gasteiger partial charge is 0.288 e. The Labute approximate surface area is 138 Å². The molecule has 0 saturated carbocycles. The van der Waals surface area contributed by atoms with Gasteiger partial charge in [-0.15, -0.1) is 0 Å². The first-order valence-electron chi connectivity index (χ1n) is 4.95. The number of hydrogen-bond donors (Lipinski definition) is 0. The smallest absolute Gasteiger partial charge is 0.197 e. The number of ketones is 1. The summed E-state index contributed by atoms with van der Waals surface area (Å²) in [4.78, 5) is 12.6. The predicted octanol–water partition coefficient (Wildman–Crippen LogP) is 5.97. The zero-order valence-corrected chi connectivity index (χ0v) is 15.2. The van der Waals surface area contributed by atoms with E-state index in [2.05, 4.69) is 63.7 Å². The Morgan fingerprint density at radius 3 is 1.22 bits per heavy atom. The fourth-order valence-corrected chi connectivity index (χ4v) is 4.27. The standard InChI is InChI=1S/C13H6Br4O/c14-7-3-1-4-8(15)11(7)13(18)12-9(16)5-2-6-10(12)17/h1-6H. The zero-order chi connectivity index (χ0) is 13.3. The van der Waals surface area contributed by atoms with Crippen LogP contribution in [-0.2, 0) is 0 Å². The van der Waals surface area contributed by atoms with Crippen LogP contribution < -0.4 is 0 Å². The van der Waals surface area contributed by atoms with Crippen molar-refractivity contribution in [3.05, 3.63) is 65.4 Å². The lowest BCUT2D eigenvalue weighted by Crippen LogP contribution is -2.05. The van der Waals surface area contributed by atoms with E-state index >= 15 is 0 Å². The third kappa shape index (κ3) is 2.79. The number of benzene rings is 2. The maximum Gasteiger partial charge on any atom is 0.197 e. The number of carbonyl (C=O) groups is 1. The van der Waals surface area contributed by atoms with Crippen molar-refractivity contribution < 1.29 is 4.79 Å². The third-order valence-corrected chi connectivity index (χ3v) is 5.02. The van der Waals surface area contributed by atoms with Crippen LogP contribution in [0, 0.1) is 0 Å². The lowest BCUT2D eigenvalue weighted by atomic mass is 10.0. The highest BCUT2D eigenvalue weighted by Crippen LogP contribution is 2.33. The summed E-state index contributed by atoms with van der Waals surface area (Å²) < 4.78 is 3.07. The van der Waals surface area contributed by atoms with Crippen LogP contribution in [0.2, 0.25) is 0 Å². The zero-order valence-electron chi connectivity index (χ0n) is 8.88. The van der Waals surface area contributed by atoms with Gasteiger partial charge in [0, 0.05) is 17.9 Å². The second-order valence-electron chi connectivity index (χ2n) is 3.52. The van der Waals surface area contributed by atoms with E-state index in [0.29, 0.717) is 11.1 Å². The van der Waals surface area contributed by atoms with E-state index in [1.165, 1.54) is 0 Å². The van der Waals surface area contributed by atoms with E-state index in [4.69, 9.17) is 0 Å². The molecule has 5 heteroatoms. The number of rotatable bonds is 2. The second kappa shape index (κ2) is 5.99. The molecule has 0 spiro atoms. The average Bonchev–Trinajstić information content (AvgIpc) is 2.28. The quantitative estimate of drug-likeness (QED) is 0.467. The maximum atomic E-state index is 12.6. The molecule has 0 saturated heterocycles. The molecule has 0 heterocycles. The minimum Gasteiger partial charge on any atom is -0.288 e. The predicted molar refractivity (Wildman–Crippen MR) is 87.1 cm³/mol. The van der Waals surface area contributed by atoms with E-state index in [-0.39, 0.29) is 5.78 Å². The minimum atomic E-state index is -0.0475. The van der Waals surface area contributed by atoms with Gasteiger partial charge in [0.2, 0.25) is 0 Å². The Balaban J connectivity index is 2.63. The van der Waals surface area contributed by atoms with Crippen molar-refractivity contribution in [2.75, 3.05) is 0 Å². The van der Waals surface area contributed by atoms with Gasteiger partial charge in [0.05, 0.1) is 11.1 Å². The van der Waals surface area contributed by atoms with Crippen LogP contribution >= 0.6 is 63.7 Å². The van der Waals surface area contributed by atoms with E-state index < -0.39 is 0 Å². The summed E-state index contributed by atoms with van der Waals surface area (Å²) in [7, 11) is 0. The van der Waals surface area contributed by atoms with Crippen LogP contribution in [0.1, 0.15) is 15.9 Å². The van der Waals surface area contributed by atoms with Crippen molar-refractivity contribution in [3.63, 3.8) is 0 Å². The number of carbonyl (C=O) groups excluding carboxylic acids is 1. The molecule has 2 aromatic carbocycles. The molecule has 0 fully saturated rings. The molecule has 0 atom stereocenters. The topological polar surface area (TPSA) is 17.1 Å². The van der Waals surface area contributed by atoms with Crippen LogP contribution in [0.25, 0.3) is 0 Å². The molecular weight excluding hydrogens is 492 g/mol. The number of halogens is 4. The van der Waals surface area contributed by atoms with Gasteiger partial charge < -0.3 is 0 Å². The highest BCUT2D eigenvalue weighted by Gasteiger charge is 2.20. The molecule has 2 aromatic rings. The third-order valence-electron chi connectivity index (χ3n) is 2.38. The Kier molecular flexibility index (Phi) is 4.80. The Hall–Kier alpha value is 0.0300. The minimum absolute atomic E-state index is 0.0475. The van der Waals surface area contributed by atoms with Crippen molar-refractivity contribution in [3.8, 4) is 0 Å². The van der Waals surface area contributed by atoms with Gasteiger partial charge >= 0.3 is 0 Å². The molecule has 0 aliphatic rings. The van der Waals surface area contributed by atoms with Gasteiger partial charge in [0.1, 0.15) is 0 Å². The Morgan fingerprint density at radius 1 is 0.667 bits per heavy atom. The molecule has 2 rings (SSSR count). The monoisotopic (exact) mass is 494 g/mol. The normalized spacial score (nSPS) is 10.4. The van der Waals surface area contributed by atoms with Crippen molar-refractivity contribution in [2.24, 2.45) is 0 Å². The van der Waals surface area contributed by atoms with E-state index in [1.807, 2.05) is 36.4 Å². The maximum absolute atomic E-state index is 12.6. The fraction of sp³-hybridized carbons (Fsp3) is 0. The first-order chi connectivity index (χ1) is 8.52. The van der Waals surface area contributed by atoms with Gasteiger partial charge in [-0.2, -0.15) is 0 Å². The van der Waals surface area contributed by atoms with Crippen LogP contribution in [-0.4, -0.2) is 5.78 Å². The summed E-state index contributed by atoms with van der Waals surface area (Å²) >= 11 is 13.7. The molecule has 0 aromatic heterocycles. The first kappa shape index (κ1) is 14.4. The van der Waals surface area contributed by atoms with E-state index in [1.54, 1.807) is 0 Å². The summed E-state index contributed by atoms with van der Waals surface area (Å²) in [6.45, 7) is 0. The molecule has 0 radical (unpaired) electrons. The first-order valence-corrected chi connectivity index (χ1v) is 8.12. The highest BCUT2D eigenvalue weighted by molar-refractivity contribution is 9.11. The van der Waals surface area contributed by atoms with Crippen LogP contribution in [0.4, 0.5) is 0 Å². The molecule has 0 N–H and O–H groups in total. The highest BCUT2D eigenvalue weighted by atomic mass is 79.9. The van der Waals surface area contributed by atoms with Gasteiger partial charge in [-0.25, -0.2) is 0 Å². The van der Waals surface area contributed by atoms with Gasteiger partial charge in [-0.05, 0) is 88.0 Å². The van der Waals surface area contributed by atoms with Crippen molar-refractivity contribution in [2.45, 2.75) is 0 Å². The van der Waals surface area contributed by atoms with Crippen LogP contribution in [0.3, 0.4) is 0 Å². The van der Waals surface area contributed by atoms with Gasteiger partial charge in [-0.1, -0.05) is 12.1 Å². The van der Waals surface area contributed by atoms with Crippen molar-refractivity contribution in [1.29, 1.82) is 0 Å². The second-order valence-corrected chi connectivity index (χ2v) is 6.94. The molecule has 18 heavy (non-hydrogen) atoms. The summed E-state index contributed by atoms with van der Waals surface area (Å²) in [6.07, 6.45) is 0. The molecule has 1 nitrogen and oxygen atoms in total. The SMILES string of the molecule is O=C(c1c(Br)cccc1Br)c1c(Br)cccc1Br. The van der Waals surface area contributed by atoms with Crippen LogP contribution in [0.15, 0.2) is 54.3 Å². The summed E-state index contributed by atoms with van der Waals surface area (Å²) in [6, 6.07) is 11.1. The Morgan fingerprint density at radius 2 is 0.944 bits per heavy atom. The molecule has 0 amide bonds. The lowest BCUT2D eigenvalue weighted by molar-refractivity contribution is 0.103. The van der Waals surface area contributed by atoms with E-state index in [9.17, 15) is 4.79 Å². The van der Waals surface area contributed by atoms with Crippen LogP contribution in [0.5, 0.6) is 0 Å². The fourth-order valence-electron chi connectivity index (χ4n) is 1.55. The summed E-state index contributed by atoms with van der Waals surface area (Å²) in [5.41, 5.74) is 1.23. The van der Waals surface area contributed by atoms with E-state index in [0.717, 1.165) is 17.9 Å². The van der Waals surface area contributed by atoms with Gasteiger partial charge in [0.25, 0.3) is 0 Å². The van der Waals surface area contributed by atoms with Crippen molar-refractivity contribution in [1.82, 2.24) is 0 Å².